The summed E-state index contributed by atoms with van der Waals surface area (Å²) in [6, 6.07) is 3.50. The maximum atomic E-state index is 11.5. The van der Waals surface area contributed by atoms with E-state index in [1.54, 1.807) is 19.3 Å². The summed E-state index contributed by atoms with van der Waals surface area (Å²) in [6.07, 6.45) is 1.57. The summed E-state index contributed by atoms with van der Waals surface area (Å²) < 4.78 is 25.4. The standard InChI is InChI=1S/C9H15N3O2S/c1-8-3-4-11-9(7-8)12-15(13,14)6-5-10-2/h3-4,7,10H,5-6H2,1-2H3,(H,11,12). The lowest BCUT2D eigenvalue weighted by molar-refractivity contribution is 0.598. The highest BCUT2D eigenvalue weighted by molar-refractivity contribution is 7.92. The minimum Gasteiger partial charge on any atom is -0.319 e. The molecule has 1 aromatic rings. The van der Waals surface area contributed by atoms with Gasteiger partial charge in [0.1, 0.15) is 5.82 Å². The van der Waals surface area contributed by atoms with E-state index in [9.17, 15) is 8.42 Å². The normalized spacial score (nSPS) is 11.3. The molecule has 0 atom stereocenters. The van der Waals surface area contributed by atoms with Gasteiger partial charge < -0.3 is 5.32 Å². The highest BCUT2D eigenvalue weighted by Crippen LogP contribution is 2.07. The van der Waals surface area contributed by atoms with Crippen LogP contribution < -0.4 is 10.0 Å². The first kappa shape index (κ1) is 11.9. The van der Waals surface area contributed by atoms with E-state index in [1.165, 1.54) is 0 Å². The molecular weight excluding hydrogens is 214 g/mol. The zero-order chi connectivity index (χ0) is 11.3. The molecule has 0 amide bonds. The molecule has 15 heavy (non-hydrogen) atoms. The second-order valence-electron chi connectivity index (χ2n) is 3.24. The number of aromatic nitrogens is 1. The molecule has 1 rings (SSSR count). The molecule has 0 spiro atoms. The second-order valence-corrected chi connectivity index (χ2v) is 5.08. The Balaban J connectivity index is 2.69. The van der Waals surface area contributed by atoms with Gasteiger partial charge in [0, 0.05) is 12.7 Å². The number of nitrogens with zero attached hydrogens (tertiary/aromatic N) is 1. The van der Waals surface area contributed by atoms with Gasteiger partial charge in [-0.05, 0) is 31.7 Å². The van der Waals surface area contributed by atoms with Crippen LogP contribution >= 0.6 is 0 Å². The van der Waals surface area contributed by atoms with Gasteiger partial charge in [0.25, 0.3) is 0 Å². The van der Waals surface area contributed by atoms with Crippen molar-refractivity contribution in [2.75, 3.05) is 24.1 Å². The number of hydrogen-bond acceptors (Lipinski definition) is 4. The number of sulfonamides is 1. The molecule has 0 fully saturated rings. The third-order valence-electron chi connectivity index (χ3n) is 1.80. The summed E-state index contributed by atoms with van der Waals surface area (Å²) >= 11 is 0. The Kier molecular flexibility index (Phi) is 4.05. The van der Waals surface area contributed by atoms with Crippen LogP contribution in [0.2, 0.25) is 0 Å². The zero-order valence-corrected chi connectivity index (χ0v) is 9.63. The van der Waals surface area contributed by atoms with Crippen molar-refractivity contribution in [3.8, 4) is 0 Å². The number of nitrogens with one attached hydrogen (secondary N) is 2. The van der Waals surface area contributed by atoms with Gasteiger partial charge in [-0.1, -0.05) is 0 Å². The molecule has 0 saturated heterocycles. The van der Waals surface area contributed by atoms with Gasteiger partial charge in [0.2, 0.25) is 10.0 Å². The molecule has 0 bridgehead atoms. The van der Waals surface area contributed by atoms with Crippen molar-refractivity contribution in [2.45, 2.75) is 6.92 Å². The Morgan fingerprint density at radius 3 is 2.80 bits per heavy atom. The molecule has 0 aromatic carbocycles. The quantitative estimate of drug-likeness (QED) is 0.764. The summed E-state index contributed by atoms with van der Waals surface area (Å²) in [7, 11) is -1.58. The van der Waals surface area contributed by atoms with E-state index in [-0.39, 0.29) is 5.75 Å². The molecule has 0 unspecified atom stereocenters. The molecule has 0 saturated carbocycles. The van der Waals surface area contributed by atoms with Crippen LogP contribution in [0.3, 0.4) is 0 Å². The molecule has 0 aliphatic rings. The van der Waals surface area contributed by atoms with Crippen molar-refractivity contribution in [3.05, 3.63) is 23.9 Å². The lowest BCUT2D eigenvalue weighted by Gasteiger charge is -2.06. The molecule has 0 radical (unpaired) electrons. The van der Waals surface area contributed by atoms with E-state index in [0.717, 1.165) is 5.56 Å². The maximum absolute atomic E-state index is 11.5. The van der Waals surface area contributed by atoms with Crippen molar-refractivity contribution >= 4 is 15.8 Å². The molecule has 1 aromatic heterocycles. The summed E-state index contributed by atoms with van der Waals surface area (Å²) in [4.78, 5) is 3.92. The fourth-order valence-electron chi connectivity index (χ4n) is 1.04. The average molecular weight is 229 g/mol. The van der Waals surface area contributed by atoms with Crippen LogP contribution in [0.4, 0.5) is 5.82 Å². The molecule has 0 aliphatic carbocycles. The van der Waals surface area contributed by atoms with Gasteiger partial charge in [0.05, 0.1) is 5.75 Å². The van der Waals surface area contributed by atoms with Gasteiger partial charge >= 0.3 is 0 Å². The topological polar surface area (TPSA) is 71.1 Å². The highest BCUT2D eigenvalue weighted by Gasteiger charge is 2.09. The molecular formula is C9H15N3O2S. The smallest absolute Gasteiger partial charge is 0.235 e. The van der Waals surface area contributed by atoms with Crippen LogP contribution in [-0.4, -0.2) is 32.7 Å². The van der Waals surface area contributed by atoms with Gasteiger partial charge in [0.15, 0.2) is 0 Å². The lowest BCUT2D eigenvalue weighted by atomic mass is 10.3. The van der Waals surface area contributed by atoms with Crippen LogP contribution in [0.15, 0.2) is 18.3 Å². The SMILES string of the molecule is CNCCS(=O)(=O)Nc1cc(C)ccn1. The molecule has 2 N–H and O–H groups in total. The van der Waals surface area contributed by atoms with Gasteiger partial charge in [-0.2, -0.15) is 0 Å². The minimum atomic E-state index is -3.29. The third-order valence-corrected chi connectivity index (χ3v) is 3.06. The molecule has 84 valence electrons. The van der Waals surface area contributed by atoms with E-state index >= 15 is 0 Å². The van der Waals surface area contributed by atoms with E-state index in [1.807, 2.05) is 13.0 Å². The summed E-state index contributed by atoms with van der Waals surface area (Å²) in [5.74, 6) is 0.408. The van der Waals surface area contributed by atoms with Gasteiger partial charge in [-0.3, -0.25) is 4.72 Å². The molecule has 1 heterocycles. The Labute approximate surface area is 90.0 Å². The molecule has 5 nitrogen and oxygen atoms in total. The van der Waals surface area contributed by atoms with Crippen LogP contribution in [-0.2, 0) is 10.0 Å². The van der Waals surface area contributed by atoms with E-state index in [2.05, 4.69) is 15.0 Å². The Morgan fingerprint density at radius 2 is 2.20 bits per heavy atom. The maximum Gasteiger partial charge on any atom is 0.235 e. The highest BCUT2D eigenvalue weighted by atomic mass is 32.2. The summed E-state index contributed by atoms with van der Waals surface area (Å²) in [5.41, 5.74) is 0.969. The molecule has 6 heteroatoms. The van der Waals surface area contributed by atoms with Crippen LogP contribution in [0, 0.1) is 6.92 Å². The van der Waals surface area contributed by atoms with E-state index < -0.39 is 10.0 Å². The third kappa shape index (κ3) is 4.26. The van der Waals surface area contributed by atoms with Crippen molar-refractivity contribution in [1.29, 1.82) is 0 Å². The second kappa shape index (κ2) is 5.09. The van der Waals surface area contributed by atoms with E-state index in [4.69, 9.17) is 0 Å². The number of anilines is 1. The summed E-state index contributed by atoms with van der Waals surface area (Å²) in [5, 5.41) is 2.78. The number of aryl methyl sites for hydroxylation is 1. The van der Waals surface area contributed by atoms with Crippen LogP contribution in [0.25, 0.3) is 0 Å². The van der Waals surface area contributed by atoms with Crippen molar-refractivity contribution in [1.82, 2.24) is 10.3 Å². The first-order valence-electron chi connectivity index (χ1n) is 4.61. The average Bonchev–Trinajstić information content (AvgIpc) is 2.14. The Morgan fingerprint density at radius 1 is 1.47 bits per heavy atom. The lowest BCUT2D eigenvalue weighted by Crippen LogP contribution is -2.24. The van der Waals surface area contributed by atoms with Crippen molar-refractivity contribution < 1.29 is 8.42 Å². The molecule has 0 aliphatic heterocycles. The predicted molar refractivity (Wildman–Crippen MR) is 60.3 cm³/mol. The fraction of sp³-hybridized carbons (Fsp3) is 0.444. The van der Waals surface area contributed by atoms with Crippen LogP contribution in [0.5, 0.6) is 0 Å². The van der Waals surface area contributed by atoms with Gasteiger partial charge in [-0.15, -0.1) is 0 Å². The summed E-state index contributed by atoms with van der Waals surface area (Å²) in [6.45, 7) is 2.30. The Hall–Kier alpha value is -1.14. The predicted octanol–water partition coefficient (Wildman–Crippen LogP) is 0.351. The monoisotopic (exact) mass is 229 g/mol. The zero-order valence-electron chi connectivity index (χ0n) is 8.82. The number of rotatable bonds is 5. The Bertz CT molecular complexity index is 417. The first-order chi connectivity index (χ1) is 7.03. The number of pyridine rings is 1. The first-order valence-corrected chi connectivity index (χ1v) is 6.26. The van der Waals surface area contributed by atoms with Crippen molar-refractivity contribution in [2.24, 2.45) is 0 Å². The van der Waals surface area contributed by atoms with Crippen molar-refractivity contribution in [3.63, 3.8) is 0 Å². The fourth-order valence-corrected chi connectivity index (χ4v) is 2.04. The number of hydrogen-bond donors (Lipinski definition) is 2. The van der Waals surface area contributed by atoms with E-state index in [0.29, 0.717) is 12.4 Å². The largest absolute Gasteiger partial charge is 0.319 e. The van der Waals surface area contributed by atoms with Gasteiger partial charge in [-0.25, -0.2) is 13.4 Å². The minimum absolute atomic E-state index is 0.0408. The van der Waals surface area contributed by atoms with Crippen LogP contribution in [0.1, 0.15) is 5.56 Å².